The SMILES string of the molecule is CCC1CCC(N(C)c2nc(N)cn3ccnc23)CC1. The molecule has 1 aliphatic carbocycles. The highest BCUT2D eigenvalue weighted by atomic mass is 15.2. The monoisotopic (exact) mass is 273 g/mol. The van der Waals surface area contributed by atoms with Crippen LogP contribution in [0.4, 0.5) is 11.6 Å². The summed E-state index contributed by atoms with van der Waals surface area (Å²) < 4.78 is 1.95. The summed E-state index contributed by atoms with van der Waals surface area (Å²) in [4.78, 5) is 11.2. The number of anilines is 2. The van der Waals surface area contributed by atoms with E-state index in [1.165, 1.54) is 32.1 Å². The number of nitrogens with two attached hydrogens (primary N) is 1. The number of hydrogen-bond acceptors (Lipinski definition) is 4. The Kier molecular flexibility index (Phi) is 3.51. The quantitative estimate of drug-likeness (QED) is 0.934. The van der Waals surface area contributed by atoms with Crippen LogP contribution in [0.15, 0.2) is 18.6 Å². The highest BCUT2D eigenvalue weighted by Gasteiger charge is 2.25. The molecule has 0 aromatic carbocycles. The zero-order valence-electron chi connectivity index (χ0n) is 12.3. The lowest BCUT2D eigenvalue weighted by atomic mass is 9.84. The van der Waals surface area contributed by atoms with Gasteiger partial charge in [0.15, 0.2) is 11.5 Å². The Morgan fingerprint density at radius 3 is 2.80 bits per heavy atom. The van der Waals surface area contributed by atoms with Gasteiger partial charge in [0, 0.05) is 25.5 Å². The predicted octanol–water partition coefficient (Wildman–Crippen LogP) is 2.72. The van der Waals surface area contributed by atoms with Gasteiger partial charge in [0.25, 0.3) is 0 Å². The average molecular weight is 273 g/mol. The van der Waals surface area contributed by atoms with Crippen molar-refractivity contribution < 1.29 is 0 Å². The summed E-state index contributed by atoms with van der Waals surface area (Å²) in [6, 6.07) is 0.549. The number of rotatable bonds is 3. The molecule has 2 aromatic rings. The van der Waals surface area contributed by atoms with Crippen LogP contribution in [0.1, 0.15) is 39.0 Å². The number of fused-ring (bicyclic) bond motifs is 1. The van der Waals surface area contributed by atoms with Gasteiger partial charge in [-0.1, -0.05) is 13.3 Å². The molecule has 3 rings (SSSR count). The fraction of sp³-hybridized carbons (Fsp3) is 0.600. The largest absolute Gasteiger partial charge is 0.382 e. The van der Waals surface area contributed by atoms with Crippen molar-refractivity contribution in [3.05, 3.63) is 18.6 Å². The molecule has 0 amide bonds. The van der Waals surface area contributed by atoms with Crippen molar-refractivity contribution in [1.29, 1.82) is 0 Å². The first-order valence-corrected chi connectivity index (χ1v) is 7.51. The molecule has 0 saturated heterocycles. The van der Waals surface area contributed by atoms with Crippen LogP contribution in [0.3, 0.4) is 0 Å². The molecule has 0 aliphatic heterocycles. The molecule has 1 saturated carbocycles. The molecule has 1 aliphatic rings. The molecule has 1 fully saturated rings. The second kappa shape index (κ2) is 5.31. The normalized spacial score (nSPS) is 23.1. The van der Waals surface area contributed by atoms with Gasteiger partial charge in [-0.3, -0.25) is 0 Å². The lowest BCUT2D eigenvalue weighted by molar-refractivity contribution is 0.313. The van der Waals surface area contributed by atoms with Gasteiger partial charge >= 0.3 is 0 Å². The van der Waals surface area contributed by atoms with Crippen molar-refractivity contribution in [3.8, 4) is 0 Å². The molecule has 0 bridgehead atoms. The van der Waals surface area contributed by atoms with Crippen LogP contribution in [0, 0.1) is 5.92 Å². The molecule has 0 unspecified atom stereocenters. The standard InChI is InChI=1S/C15H23N5/c1-3-11-4-6-12(7-5-11)19(2)15-14-17-8-9-20(14)10-13(16)18-15/h8-12H,3-7,16H2,1-2H3. The summed E-state index contributed by atoms with van der Waals surface area (Å²) >= 11 is 0. The van der Waals surface area contributed by atoms with Gasteiger partial charge < -0.3 is 15.0 Å². The first-order valence-electron chi connectivity index (χ1n) is 7.51. The third-order valence-electron chi connectivity index (χ3n) is 4.65. The first kappa shape index (κ1) is 13.2. The Bertz CT molecular complexity index is 583. The van der Waals surface area contributed by atoms with Crippen molar-refractivity contribution in [1.82, 2.24) is 14.4 Å². The summed E-state index contributed by atoms with van der Waals surface area (Å²) in [5.41, 5.74) is 6.80. The lowest BCUT2D eigenvalue weighted by Crippen LogP contribution is -2.36. The van der Waals surface area contributed by atoms with Gasteiger partial charge in [0.2, 0.25) is 0 Å². The van der Waals surface area contributed by atoms with E-state index >= 15 is 0 Å². The number of nitrogen functional groups attached to an aromatic ring is 1. The van der Waals surface area contributed by atoms with Gasteiger partial charge in [0.1, 0.15) is 5.82 Å². The fourth-order valence-electron chi connectivity index (χ4n) is 3.28. The third-order valence-corrected chi connectivity index (χ3v) is 4.65. The maximum Gasteiger partial charge on any atom is 0.180 e. The van der Waals surface area contributed by atoms with Crippen molar-refractivity contribution in [2.75, 3.05) is 17.7 Å². The van der Waals surface area contributed by atoms with E-state index in [4.69, 9.17) is 5.73 Å². The van der Waals surface area contributed by atoms with Crippen molar-refractivity contribution in [2.45, 2.75) is 45.1 Å². The second-order valence-electron chi connectivity index (χ2n) is 5.84. The minimum Gasteiger partial charge on any atom is -0.382 e. The maximum atomic E-state index is 5.91. The van der Waals surface area contributed by atoms with E-state index in [2.05, 4.69) is 28.8 Å². The molecule has 108 valence electrons. The first-order chi connectivity index (χ1) is 9.69. The molecule has 2 N–H and O–H groups in total. The van der Waals surface area contributed by atoms with E-state index in [0.717, 1.165) is 17.4 Å². The summed E-state index contributed by atoms with van der Waals surface area (Å²) in [5, 5.41) is 0. The van der Waals surface area contributed by atoms with Crippen molar-refractivity contribution in [3.63, 3.8) is 0 Å². The van der Waals surface area contributed by atoms with E-state index in [9.17, 15) is 0 Å². The third kappa shape index (κ3) is 2.32. The molecule has 0 spiro atoms. The summed E-state index contributed by atoms with van der Waals surface area (Å²) in [6.07, 6.45) is 11.9. The molecule has 0 atom stereocenters. The van der Waals surface area contributed by atoms with E-state index in [-0.39, 0.29) is 0 Å². The Morgan fingerprint density at radius 2 is 2.10 bits per heavy atom. The fourth-order valence-corrected chi connectivity index (χ4v) is 3.28. The maximum absolute atomic E-state index is 5.91. The van der Waals surface area contributed by atoms with E-state index in [1.807, 2.05) is 16.8 Å². The number of imidazole rings is 1. The van der Waals surface area contributed by atoms with Crippen molar-refractivity contribution in [2.24, 2.45) is 5.92 Å². The minimum absolute atomic E-state index is 0.541. The summed E-state index contributed by atoms with van der Waals surface area (Å²) in [5.74, 6) is 2.34. The lowest BCUT2D eigenvalue weighted by Gasteiger charge is -2.35. The number of hydrogen-bond donors (Lipinski definition) is 1. The van der Waals surface area contributed by atoms with Crippen LogP contribution in [0.25, 0.3) is 5.65 Å². The summed E-state index contributed by atoms with van der Waals surface area (Å²) in [7, 11) is 2.12. The molecule has 2 aromatic heterocycles. The number of nitrogens with zero attached hydrogens (tertiary/aromatic N) is 4. The Balaban J connectivity index is 1.85. The van der Waals surface area contributed by atoms with E-state index in [0.29, 0.717) is 11.9 Å². The molecule has 20 heavy (non-hydrogen) atoms. The van der Waals surface area contributed by atoms with Crippen LogP contribution in [0.5, 0.6) is 0 Å². The van der Waals surface area contributed by atoms with Crippen LogP contribution in [-0.2, 0) is 0 Å². The van der Waals surface area contributed by atoms with Gasteiger partial charge in [0.05, 0.1) is 6.20 Å². The zero-order chi connectivity index (χ0) is 14.1. The molecular formula is C15H23N5. The molecule has 5 nitrogen and oxygen atoms in total. The molecule has 0 radical (unpaired) electrons. The Morgan fingerprint density at radius 1 is 1.35 bits per heavy atom. The van der Waals surface area contributed by atoms with Crippen molar-refractivity contribution >= 4 is 17.3 Å². The van der Waals surface area contributed by atoms with E-state index < -0.39 is 0 Å². The van der Waals surface area contributed by atoms with E-state index in [1.54, 1.807) is 6.20 Å². The molecule has 2 heterocycles. The van der Waals surface area contributed by atoms with Crippen LogP contribution in [-0.4, -0.2) is 27.5 Å². The number of aromatic nitrogens is 3. The molecule has 5 heteroatoms. The zero-order valence-corrected chi connectivity index (χ0v) is 12.3. The predicted molar refractivity (Wildman–Crippen MR) is 81.8 cm³/mol. The highest BCUT2D eigenvalue weighted by molar-refractivity contribution is 5.66. The summed E-state index contributed by atoms with van der Waals surface area (Å²) in [6.45, 7) is 2.29. The van der Waals surface area contributed by atoms with Gasteiger partial charge in [-0.05, 0) is 31.6 Å². The highest BCUT2D eigenvalue weighted by Crippen LogP contribution is 2.31. The van der Waals surface area contributed by atoms with Crippen LogP contribution in [0.2, 0.25) is 0 Å². The van der Waals surface area contributed by atoms with Crippen LogP contribution < -0.4 is 10.6 Å². The topological polar surface area (TPSA) is 59.5 Å². The molecular weight excluding hydrogens is 250 g/mol. The minimum atomic E-state index is 0.541. The van der Waals surface area contributed by atoms with Gasteiger partial charge in [-0.25, -0.2) is 9.97 Å². The van der Waals surface area contributed by atoms with Crippen LogP contribution >= 0.6 is 0 Å². The Labute approximate surface area is 119 Å². The van der Waals surface area contributed by atoms with Gasteiger partial charge in [-0.15, -0.1) is 0 Å². The smallest absolute Gasteiger partial charge is 0.180 e. The second-order valence-corrected chi connectivity index (χ2v) is 5.84. The van der Waals surface area contributed by atoms with Gasteiger partial charge in [-0.2, -0.15) is 0 Å². The Hall–Kier alpha value is -1.78. The average Bonchev–Trinajstić information content (AvgIpc) is 2.94.